The first-order valence-electron chi connectivity index (χ1n) is 9.25. The Morgan fingerprint density at radius 1 is 1.03 bits per heavy atom. The van der Waals surface area contributed by atoms with Crippen LogP contribution in [0.25, 0.3) is 11.8 Å². The van der Waals surface area contributed by atoms with Crippen molar-refractivity contribution in [2.24, 2.45) is 0 Å². The number of nitrogens with zero attached hydrogens (tertiary/aromatic N) is 2. The zero-order valence-corrected chi connectivity index (χ0v) is 16.9. The van der Waals surface area contributed by atoms with Gasteiger partial charge in [-0.2, -0.15) is 5.26 Å². The topological polar surface area (TPSA) is 57.8 Å². The van der Waals surface area contributed by atoms with E-state index in [0.29, 0.717) is 5.69 Å². The summed E-state index contributed by atoms with van der Waals surface area (Å²) >= 11 is 0. The molecule has 4 nitrogen and oxygen atoms in total. The largest absolute Gasteiger partial charge is 0.321 e. The number of hydrogen-bond donors (Lipinski definition) is 1. The number of nitrogens with one attached hydrogen (secondary N) is 1. The summed E-state index contributed by atoms with van der Waals surface area (Å²) in [6.45, 7) is 8.09. The number of halogens is 1. The van der Waals surface area contributed by atoms with Crippen LogP contribution in [0.1, 0.15) is 28.1 Å². The fraction of sp³-hybridized carbons (Fsp3) is 0.167. The first kappa shape index (κ1) is 20.1. The lowest BCUT2D eigenvalue weighted by Gasteiger charge is -2.12. The van der Waals surface area contributed by atoms with Gasteiger partial charge in [0.25, 0.3) is 5.91 Å². The SMILES string of the molecule is Cc1ccc(-n2c(C)cc(/C=C(/C#N)C(=O)Nc3ccc(F)cc3)c2C)cc1C. The molecule has 3 aromatic rings. The monoisotopic (exact) mass is 387 g/mol. The van der Waals surface area contributed by atoms with Crippen molar-refractivity contribution >= 4 is 17.7 Å². The molecule has 146 valence electrons. The van der Waals surface area contributed by atoms with Gasteiger partial charge in [0, 0.05) is 22.8 Å². The van der Waals surface area contributed by atoms with Gasteiger partial charge < -0.3 is 9.88 Å². The van der Waals surface area contributed by atoms with Gasteiger partial charge >= 0.3 is 0 Å². The highest BCUT2D eigenvalue weighted by Gasteiger charge is 2.14. The van der Waals surface area contributed by atoms with Crippen LogP contribution < -0.4 is 5.32 Å². The Balaban J connectivity index is 1.94. The van der Waals surface area contributed by atoms with Gasteiger partial charge in [0.05, 0.1) is 0 Å². The minimum absolute atomic E-state index is 0.0188. The van der Waals surface area contributed by atoms with E-state index in [9.17, 15) is 14.4 Å². The number of benzene rings is 2. The van der Waals surface area contributed by atoms with Crippen LogP contribution >= 0.6 is 0 Å². The van der Waals surface area contributed by atoms with Crippen molar-refractivity contribution in [2.45, 2.75) is 27.7 Å². The van der Waals surface area contributed by atoms with Crippen LogP contribution in [0.2, 0.25) is 0 Å². The zero-order chi connectivity index (χ0) is 21.1. The van der Waals surface area contributed by atoms with E-state index in [4.69, 9.17) is 0 Å². The van der Waals surface area contributed by atoms with Gasteiger partial charge in [-0.25, -0.2) is 4.39 Å². The third-order valence-electron chi connectivity index (χ3n) is 4.99. The molecule has 0 bridgehead atoms. The number of nitriles is 1. The maximum atomic E-state index is 13.0. The number of anilines is 1. The molecule has 2 aromatic carbocycles. The molecule has 0 aliphatic heterocycles. The second kappa shape index (κ2) is 8.15. The van der Waals surface area contributed by atoms with Crippen LogP contribution in [0.3, 0.4) is 0 Å². The molecule has 29 heavy (non-hydrogen) atoms. The molecule has 0 saturated heterocycles. The Morgan fingerprint density at radius 2 is 1.72 bits per heavy atom. The molecule has 1 N–H and O–H groups in total. The van der Waals surface area contributed by atoms with Crippen LogP contribution in [-0.4, -0.2) is 10.5 Å². The fourth-order valence-corrected chi connectivity index (χ4v) is 3.23. The van der Waals surface area contributed by atoms with Crippen LogP contribution in [0, 0.1) is 44.8 Å². The first-order chi connectivity index (χ1) is 13.8. The van der Waals surface area contributed by atoms with E-state index < -0.39 is 11.7 Å². The minimum atomic E-state index is -0.532. The Hall–Kier alpha value is -3.65. The molecule has 3 rings (SSSR count). The molecule has 0 saturated carbocycles. The van der Waals surface area contributed by atoms with Gasteiger partial charge in [0.1, 0.15) is 17.5 Å². The summed E-state index contributed by atoms with van der Waals surface area (Å²) in [6.07, 6.45) is 1.58. The lowest BCUT2D eigenvalue weighted by Crippen LogP contribution is -2.13. The van der Waals surface area contributed by atoms with E-state index in [1.54, 1.807) is 6.08 Å². The van der Waals surface area contributed by atoms with E-state index >= 15 is 0 Å². The molecule has 0 radical (unpaired) electrons. The number of carbonyl (C=O) groups excluding carboxylic acids is 1. The van der Waals surface area contributed by atoms with Crippen molar-refractivity contribution in [3.63, 3.8) is 0 Å². The number of aryl methyl sites for hydroxylation is 3. The second-order valence-electron chi connectivity index (χ2n) is 7.06. The van der Waals surface area contributed by atoms with Gasteiger partial charge in [-0.15, -0.1) is 0 Å². The Morgan fingerprint density at radius 3 is 2.34 bits per heavy atom. The average molecular weight is 387 g/mol. The smallest absolute Gasteiger partial charge is 0.266 e. The zero-order valence-electron chi connectivity index (χ0n) is 16.9. The summed E-state index contributed by atoms with van der Waals surface area (Å²) in [6, 6.07) is 15.6. The van der Waals surface area contributed by atoms with Crippen LogP contribution in [-0.2, 0) is 4.79 Å². The number of aromatic nitrogens is 1. The van der Waals surface area contributed by atoms with Crippen molar-refractivity contribution in [3.8, 4) is 11.8 Å². The standard InChI is InChI=1S/C24H22FN3O/c1-15-5-10-23(11-16(15)2)28-17(3)12-19(18(28)4)13-20(14-26)24(29)27-22-8-6-21(25)7-9-22/h5-13H,1-4H3,(H,27,29)/b20-13-. The van der Waals surface area contributed by atoms with Crippen molar-refractivity contribution in [1.82, 2.24) is 4.57 Å². The molecule has 0 atom stereocenters. The van der Waals surface area contributed by atoms with E-state index in [-0.39, 0.29) is 5.57 Å². The fourth-order valence-electron chi connectivity index (χ4n) is 3.23. The van der Waals surface area contributed by atoms with Gasteiger partial charge in [-0.3, -0.25) is 4.79 Å². The molecule has 0 aliphatic carbocycles. The highest BCUT2D eigenvalue weighted by atomic mass is 19.1. The van der Waals surface area contributed by atoms with Gasteiger partial charge in [0.2, 0.25) is 0 Å². The Bertz CT molecular complexity index is 1150. The first-order valence-corrected chi connectivity index (χ1v) is 9.25. The van der Waals surface area contributed by atoms with E-state index in [1.807, 2.05) is 26.0 Å². The number of rotatable bonds is 4. The summed E-state index contributed by atoms with van der Waals surface area (Å²) in [7, 11) is 0. The second-order valence-corrected chi connectivity index (χ2v) is 7.06. The Labute approximate surface area is 169 Å². The molecule has 0 fully saturated rings. The molecular weight excluding hydrogens is 365 g/mol. The van der Waals surface area contributed by atoms with Crippen molar-refractivity contribution in [3.05, 3.63) is 88.0 Å². The van der Waals surface area contributed by atoms with E-state index in [0.717, 1.165) is 22.6 Å². The third-order valence-corrected chi connectivity index (χ3v) is 4.99. The molecule has 1 amide bonds. The molecule has 1 aromatic heterocycles. The normalized spacial score (nSPS) is 11.2. The van der Waals surface area contributed by atoms with Gasteiger partial charge in [-0.05, 0) is 92.9 Å². The maximum Gasteiger partial charge on any atom is 0.266 e. The van der Waals surface area contributed by atoms with Crippen LogP contribution in [0.4, 0.5) is 10.1 Å². The highest BCUT2D eigenvalue weighted by molar-refractivity contribution is 6.09. The molecule has 1 heterocycles. The van der Waals surface area contributed by atoms with Crippen molar-refractivity contribution in [1.29, 1.82) is 5.26 Å². The summed E-state index contributed by atoms with van der Waals surface area (Å²) < 4.78 is 15.1. The molecule has 5 heteroatoms. The molecular formula is C24H22FN3O. The average Bonchev–Trinajstić information content (AvgIpc) is 2.97. The number of carbonyl (C=O) groups is 1. The maximum absolute atomic E-state index is 13.0. The minimum Gasteiger partial charge on any atom is -0.321 e. The van der Waals surface area contributed by atoms with Crippen LogP contribution in [0.5, 0.6) is 0 Å². The summed E-state index contributed by atoms with van der Waals surface area (Å²) in [5, 5.41) is 12.1. The summed E-state index contributed by atoms with van der Waals surface area (Å²) in [5.41, 5.74) is 6.61. The van der Waals surface area contributed by atoms with E-state index in [2.05, 4.69) is 41.9 Å². The summed E-state index contributed by atoms with van der Waals surface area (Å²) in [5.74, 6) is -0.923. The van der Waals surface area contributed by atoms with Crippen LogP contribution in [0.15, 0.2) is 54.1 Å². The molecule has 0 unspecified atom stereocenters. The van der Waals surface area contributed by atoms with Gasteiger partial charge in [-0.1, -0.05) is 6.07 Å². The van der Waals surface area contributed by atoms with Gasteiger partial charge in [0.15, 0.2) is 0 Å². The highest BCUT2D eigenvalue weighted by Crippen LogP contribution is 2.24. The van der Waals surface area contributed by atoms with E-state index in [1.165, 1.54) is 35.4 Å². The van der Waals surface area contributed by atoms with Crippen molar-refractivity contribution < 1.29 is 9.18 Å². The van der Waals surface area contributed by atoms with Crippen molar-refractivity contribution in [2.75, 3.05) is 5.32 Å². The predicted molar refractivity (Wildman–Crippen MR) is 113 cm³/mol. The predicted octanol–water partition coefficient (Wildman–Crippen LogP) is 5.40. The molecule has 0 spiro atoms. The lowest BCUT2D eigenvalue weighted by atomic mass is 10.1. The number of hydrogen-bond acceptors (Lipinski definition) is 2. The summed E-state index contributed by atoms with van der Waals surface area (Å²) in [4.78, 5) is 12.5. The Kier molecular flexibility index (Phi) is 5.65. The third kappa shape index (κ3) is 4.27. The molecule has 0 aliphatic rings. The quantitative estimate of drug-likeness (QED) is 0.482. The lowest BCUT2D eigenvalue weighted by molar-refractivity contribution is -0.112. The number of amides is 1.